The Balaban J connectivity index is 1.72. The fourth-order valence-corrected chi connectivity index (χ4v) is 2.31. The molecule has 0 aliphatic carbocycles. The minimum absolute atomic E-state index is 0.113. The number of benzene rings is 2. The first-order chi connectivity index (χ1) is 11.3. The van der Waals surface area contributed by atoms with Crippen LogP contribution < -0.4 is 4.74 Å². The number of hydrogen-bond acceptors (Lipinski definition) is 4. The molecule has 4 rings (SSSR count). The third kappa shape index (κ3) is 2.53. The third-order valence-electron chi connectivity index (χ3n) is 3.41. The van der Waals surface area contributed by atoms with Crippen LogP contribution in [0.25, 0.3) is 22.4 Å². The predicted molar refractivity (Wildman–Crippen MR) is 83.7 cm³/mol. The highest BCUT2D eigenvalue weighted by molar-refractivity contribution is 5.89. The molecule has 2 aromatic heterocycles. The zero-order valence-corrected chi connectivity index (χ0v) is 11.9. The molecule has 0 unspecified atom stereocenters. The van der Waals surface area contributed by atoms with Gasteiger partial charge in [-0.05, 0) is 18.2 Å². The molecule has 0 saturated heterocycles. The van der Waals surface area contributed by atoms with Crippen LogP contribution in [-0.4, -0.2) is 10.1 Å². The van der Waals surface area contributed by atoms with Gasteiger partial charge in [0.05, 0.1) is 5.39 Å². The maximum Gasteiger partial charge on any atom is 0.261 e. The molecule has 0 radical (unpaired) electrons. The van der Waals surface area contributed by atoms with Crippen molar-refractivity contribution in [2.24, 2.45) is 0 Å². The SMILES string of the molecule is Fc1ccccc1Oc1ccc2c(-c3ccccc3)noc2n1. The van der Waals surface area contributed by atoms with Crippen molar-refractivity contribution in [3.05, 3.63) is 72.5 Å². The van der Waals surface area contributed by atoms with Gasteiger partial charge in [-0.15, -0.1) is 0 Å². The molecular formula is C18H11FN2O2. The number of para-hydroxylation sites is 1. The third-order valence-corrected chi connectivity index (χ3v) is 3.41. The van der Waals surface area contributed by atoms with E-state index in [-0.39, 0.29) is 11.6 Å². The van der Waals surface area contributed by atoms with Crippen molar-refractivity contribution in [2.45, 2.75) is 0 Å². The average Bonchev–Trinajstić information content (AvgIpc) is 3.01. The van der Waals surface area contributed by atoms with Gasteiger partial charge in [-0.1, -0.05) is 47.6 Å². The first kappa shape index (κ1) is 13.5. The van der Waals surface area contributed by atoms with Gasteiger partial charge >= 0.3 is 0 Å². The first-order valence-electron chi connectivity index (χ1n) is 7.05. The molecule has 0 aliphatic heterocycles. The van der Waals surface area contributed by atoms with Crippen LogP contribution in [-0.2, 0) is 0 Å². The number of rotatable bonds is 3. The van der Waals surface area contributed by atoms with Crippen LogP contribution in [0.2, 0.25) is 0 Å². The summed E-state index contributed by atoms with van der Waals surface area (Å²) in [6.07, 6.45) is 0. The van der Waals surface area contributed by atoms with Gasteiger partial charge in [0.15, 0.2) is 11.6 Å². The number of pyridine rings is 1. The largest absolute Gasteiger partial charge is 0.436 e. The number of halogens is 1. The van der Waals surface area contributed by atoms with Gasteiger partial charge in [-0.25, -0.2) is 4.39 Å². The van der Waals surface area contributed by atoms with Gasteiger partial charge in [0.1, 0.15) is 5.69 Å². The molecule has 2 heterocycles. The van der Waals surface area contributed by atoms with Crippen molar-refractivity contribution in [3.8, 4) is 22.9 Å². The van der Waals surface area contributed by atoms with Crippen molar-refractivity contribution >= 4 is 11.1 Å². The van der Waals surface area contributed by atoms with Crippen LogP contribution in [0.3, 0.4) is 0 Å². The first-order valence-corrected chi connectivity index (χ1v) is 7.05. The molecule has 2 aromatic carbocycles. The summed E-state index contributed by atoms with van der Waals surface area (Å²) in [5, 5.41) is 4.84. The summed E-state index contributed by atoms with van der Waals surface area (Å²) in [6.45, 7) is 0. The highest BCUT2D eigenvalue weighted by Gasteiger charge is 2.13. The summed E-state index contributed by atoms with van der Waals surface area (Å²) < 4.78 is 24.4. The Labute approximate surface area is 131 Å². The lowest BCUT2D eigenvalue weighted by Gasteiger charge is -2.04. The van der Waals surface area contributed by atoms with Crippen molar-refractivity contribution in [2.75, 3.05) is 0 Å². The fourth-order valence-electron chi connectivity index (χ4n) is 2.31. The smallest absolute Gasteiger partial charge is 0.261 e. The second-order valence-corrected chi connectivity index (χ2v) is 4.93. The fraction of sp³-hybridized carbons (Fsp3) is 0. The summed E-state index contributed by atoms with van der Waals surface area (Å²) >= 11 is 0. The molecule has 0 spiro atoms. The van der Waals surface area contributed by atoms with Crippen LogP contribution in [0.4, 0.5) is 4.39 Å². The molecule has 0 amide bonds. The maximum atomic E-state index is 13.6. The van der Waals surface area contributed by atoms with Crippen molar-refractivity contribution in [1.82, 2.24) is 10.1 Å². The average molecular weight is 306 g/mol. The molecule has 112 valence electrons. The lowest BCUT2D eigenvalue weighted by atomic mass is 10.1. The Kier molecular flexibility index (Phi) is 3.24. The standard InChI is InChI=1S/C18H11FN2O2/c19-14-8-4-5-9-15(14)22-16-11-10-13-17(21-23-18(13)20-16)12-6-2-1-3-7-12/h1-11H. The van der Waals surface area contributed by atoms with E-state index in [1.54, 1.807) is 24.3 Å². The quantitative estimate of drug-likeness (QED) is 0.544. The van der Waals surface area contributed by atoms with Crippen LogP contribution >= 0.6 is 0 Å². The molecule has 5 heteroatoms. The zero-order chi connectivity index (χ0) is 15.6. The number of ether oxygens (including phenoxy) is 1. The van der Waals surface area contributed by atoms with E-state index >= 15 is 0 Å². The van der Waals surface area contributed by atoms with E-state index in [0.717, 1.165) is 10.9 Å². The minimum Gasteiger partial charge on any atom is -0.436 e. The van der Waals surface area contributed by atoms with Gasteiger partial charge in [0, 0.05) is 11.6 Å². The number of hydrogen-bond donors (Lipinski definition) is 0. The summed E-state index contributed by atoms with van der Waals surface area (Å²) in [5.41, 5.74) is 2.00. The summed E-state index contributed by atoms with van der Waals surface area (Å²) in [6, 6.07) is 19.3. The zero-order valence-electron chi connectivity index (χ0n) is 11.9. The van der Waals surface area contributed by atoms with Gasteiger partial charge in [0.2, 0.25) is 5.88 Å². The monoisotopic (exact) mass is 306 g/mol. The highest BCUT2D eigenvalue weighted by atomic mass is 19.1. The Bertz CT molecular complexity index is 967. The van der Waals surface area contributed by atoms with E-state index in [1.807, 2.05) is 30.3 Å². The van der Waals surface area contributed by atoms with E-state index in [4.69, 9.17) is 9.26 Å². The van der Waals surface area contributed by atoms with Gasteiger partial charge < -0.3 is 9.26 Å². The topological polar surface area (TPSA) is 48.2 Å². The Morgan fingerprint density at radius 3 is 2.48 bits per heavy atom. The number of nitrogens with zero attached hydrogens (tertiary/aromatic N) is 2. The van der Waals surface area contributed by atoms with Gasteiger partial charge in [0.25, 0.3) is 5.71 Å². The van der Waals surface area contributed by atoms with Crippen molar-refractivity contribution in [3.63, 3.8) is 0 Å². The normalized spacial score (nSPS) is 10.8. The van der Waals surface area contributed by atoms with Crippen molar-refractivity contribution < 1.29 is 13.7 Å². The molecule has 0 N–H and O–H groups in total. The lowest BCUT2D eigenvalue weighted by molar-refractivity contribution is 0.416. The van der Waals surface area contributed by atoms with Crippen molar-refractivity contribution in [1.29, 1.82) is 0 Å². The van der Waals surface area contributed by atoms with E-state index in [1.165, 1.54) is 12.1 Å². The second kappa shape index (κ2) is 5.53. The molecule has 0 aliphatic rings. The van der Waals surface area contributed by atoms with E-state index < -0.39 is 5.82 Å². The molecule has 0 fully saturated rings. The predicted octanol–water partition coefficient (Wildman–Crippen LogP) is 4.82. The van der Waals surface area contributed by atoms with Crippen LogP contribution in [0.1, 0.15) is 0 Å². The van der Waals surface area contributed by atoms with Gasteiger partial charge in [-0.3, -0.25) is 0 Å². The Morgan fingerprint density at radius 2 is 1.65 bits per heavy atom. The molecule has 23 heavy (non-hydrogen) atoms. The summed E-state index contributed by atoms with van der Waals surface area (Å²) in [5.74, 6) is -0.0857. The van der Waals surface area contributed by atoms with E-state index in [2.05, 4.69) is 10.1 Å². The number of aromatic nitrogens is 2. The van der Waals surface area contributed by atoms with Gasteiger partial charge in [-0.2, -0.15) is 4.98 Å². The Hall–Kier alpha value is -3.21. The van der Waals surface area contributed by atoms with E-state index in [0.29, 0.717) is 11.4 Å². The summed E-state index contributed by atoms with van der Waals surface area (Å²) in [4.78, 5) is 4.24. The van der Waals surface area contributed by atoms with Crippen LogP contribution in [0.5, 0.6) is 11.6 Å². The summed E-state index contributed by atoms with van der Waals surface area (Å²) in [7, 11) is 0. The highest BCUT2D eigenvalue weighted by Crippen LogP contribution is 2.30. The van der Waals surface area contributed by atoms with Crippen LogP contribution in [0, 0.1) is 5.82 Å². The Morgan fingerprint density at radius 1 is 0.870 bits per heavy atom. The lowest BCUT2D eigenvalue weighted by Crippen LogP contribution is -1.90. The van der Waals surface area contributed by atoms with E-state index in [9.17, 15) is 4.39 Å². The number of fused-ring (bicyclic) bond motifs is 1. The maximum absolute atomic E-state index is 13.6. The molecule has 0 bridgehead atoms. The second-order valence-electron chi connectivity index (χ2n) is 4.93. The molecule has 0 saturated carbocycles. The molecular weight excluding hydrogens is 295 g/mol. The minimum atomic E-state index is -0.447. The molecule has 4 aromatic rings. The molecule has 0 atom stereocenters. The molecule has 4 nitrogen and oxygen atoms in total. The van der Waals surface area contributed by atoms with Crippen LogP contribution in [0.15, 0.2) is 71.3 Å².